The van der Waals surface area contributed by atoms with Crippen molar-refractivity contribution >= 4 is 46.7 Å². The van der Waals surface area contributed by atoms with Crippen LogP contribution in [0.15, 0.2) is 34.6 Å². The van der Waals surface area contributed by atoms with Gasteiger partial charge in [-0.15, -0.1) is 0 Å². The number of nitrogens with one attached hydrogen (secondary N) is 2. The molecule has 0 fully saturated rings. The molecule has 0 aliphatic carbocycles. The fourth-order valence-corrected chi connectivity index (χ4v) is 2.15. The summed E-state index contributed by atoms with van der Waals surface area (Å²) in [5.74, 6) is 0. The molecule has 1 aromatic carbocycles. The normalized spacial score (nSPS) is 16.4. The first-order chi connectivity index (χ1) is 7.74. The van der Waals surface area contributed by atoms with Crippen molar-refractivity contribution < 1.29 is 0 Å². The molecule has 4 heteroatoms. The van der Waals surface area contributed by atoms with Crippen LogP contribution in [0.2, 0.25) is 0 Å². The Hall–Kier alpha value is -1.38. The van der Waals surface area contributed by atoms with Crippen molar-refractivity contribution in [1.82, 2.24) is 0 Å². The maximum Gasteiger partial charge on any atom is 0.106 e. The van der Waals surface area contributed by atoms with Gasteiger partial charge in [-0.2, -0.15) is 0 Å². The van der Waals surface area contributed by atoms with Gasteiger partial charge in [-0.05, 0) is 24.3 Å². The van der Waals surface area contributed by atoms with Gasteiger partial charge in [0.25, 0.3) is 0 Å². The molecule has 0 amide bonds. The van der Waals surface area contributed by atoms with Gasteiger partial charge in [0.2, 0.25) is 0 Å². The molecule has 0 aromatic heterocycles. The van der Waals surface area contributed by atoms with Crippen LogP contribution in [-0.4, -0.2) is 0 Å². The molecule has 0 bridgehead atoms. The SMILES string of the molecule is ClC1=CC=c2ccc3c(c2N1)NC(Cl)=CC=3. The Bertz CT molecular complexity index is 585. The van der Waals surface area contributed by atoms with Gasteiger partial charge in [0.05, 0.1) is 11.4 Å². The third kappa shape index (κ3) is 1.51. The number of benzene rings is 1. The standard InChI is InChI=1S/C12H8Cl2N2/c13-9-5-3-7-1-2-8-4-6-10(14)16-12(8)11(7)15-9/h1-6,15-16H. The lowest BCUT2D eigenvalue weighted by atomic mass is 10.1. The van der Waals surface area contributed by atoms with E-state index in [9.17, 15) is 0 Å². The van der Waals surface area contributed by atoms with Crippen LogP contribution in [0.5, 0.6) is 0 Å². The smallest absolute Gasteiger partial charge is 0.106 e. The van der Waals surface area contributed by atoms with Crippen LogP contribution in [0.3, 0.4) is 0 Å². The second kappa shape index (κ2) is 3.58. The quantitative estimate of drug-likeness (QED) is 0.691. The Balaban J connectivity index is 2.30. The Morgan fingerprint density at radius 1 is 0.688 bits per heavy atom. The van der Waals surface area contributed by atoms with E-state index in [1.165, 1.54) is 0 Å². The highest BCUT2D eigenvalue weighted by atomic mass is 35.5. The van der Waals surface area contributed by atoms with E-state index in [0.717, 1.165) is 21.8 Å². The van der Waals surface area contributed by atoms with E-state index in [4.69, 9.17) is 23.2 Å². The maximum absolute atomic E-state index is 5.96. The Labute approximate surface area is 103 Å². The minimum atomic E-state index is 0.605. The number of anilines is 2. The zero-order chi connectivity index (χ0) is 11.1. The minimum Gasteiger partial charge on any atom is -0.344 e. The molecule has 16 heavy (non-hydrogen) atoms. The molecule has 0 saturated heterocycles. The van der Waals surface area contributed by atoms with Crippen LogP contribution in [0, 0.1) is 0 Å². The molecule has 0 unspecified atom stereocenters. The van der Waals surface area contributed by atoms with E-state index < -0.39 is 0 Å². The molecule has 2 heterocycles. The molecular weight excluding hydrogens is 243 g/mol. The van der Waals surface area contributed by atoms with Crippen molar-refractivity contribution in [3.05, 3.63) is 45.0 Å². The van der Waals surface area contributed by atoms with Crippen LogP contribution in [0.25, 0.3) is 12.2 Å². The van der Waals surface area contributed by atoms with Crippen LogP contribution in [0.1, 0.15) is 0 Å². The largest absolute Gasteiger partial charge is 0.344 e. The molecule has 0 saturated carbocycles. The van der Waals surface area contributed by atoms with E-state index in [2.05, 4.69) is 10.6 Å². The van der Waals surface area contributed by atoms with E-state index in [-0.39, 0.29) is 0 Å². The zero-order valence-corrected chi connectivity index (χ0v) is 9.73. The second-order valence-electron chi connectivity index (χ2n) is 3.61. The first kappa shape index (κ1) is 9.82. The summed E-state index contributed by atoms with van der Waals surface area (Å²) < 4.78 is 0. The fourth-order valence-electron chi connectivity index (χ4n) is 1.83. The summed E-state index contributed by atoms with van der Waals surface area (Å²) in [5.41, 5.74) is 1.93. The first-order valence-corrected chi connectivity index (χ1v) is 5.62. The molecule has 2 aliphatic rings. The number of rotatable bonds is 0. The molecule has 0 atom stereocenters. The van der Waals surface area contributed by atoms with Gasteiger partial charge in [0, 0.05) is 10.4 Å². The predicted octanol–water partition coefficient (Wildman–Crippen LogP) is 2.26. The van der Waals surface area contributed by atoms with E-state index in [1.54, 1.807) is 0 Å². The molecule has 2 N–H and O–H groups in total. The number of hydrogen-bond acceptors (Lipinski definition) is 2. The lowest BCUT2D eigenvalue weighted by Crippen LogP contribution is -2.23. The molecular formula is C12H8Cl2N2. The summed E-state index contributed by atoms with van der Waals surface area (Å²) in [6.45, 7) is 0. The van der Waals surface area contributed by atoms with Gasteiger partial charge in [-0.3, -0.25) is 0 Å². The summed E-state index contributed by atoms with van der Waals surface area (Å²) >= 11 is 11.9. The summed E-state index contributed by atoms with van der Waals surface area (Å²) in [4.78, 5) is 0. The van der Waals surface area contributed by atoms with Crippen molar-refractivity contribution in [1.29, 1.82) is 0 Å². The van der Waals surface area contributed by atoms with E-state index in [0.29, 0.717) is 10.3 Å². The van der Waals surface area contributed by atoms with Gasteiger partial charge in [-0.1, -0.05) is 35.3 Å². The van der Waals surface area contributed by atoms with Crippen LogP contribution < -0.4 is 21.1 Å². The number of allylic oxidation sites excluding steroid dienone is 2. The lowest BCUT2D eigenvalue weighted by molar-refractivity contribution is 1.40. The first-order valence-electron chi connectivity index (χ1n) is 4.86. The molecule has 2 aliphatic heterocycles. The Morgan fingerprint density at radius 3 is 1.56 bits per heavy atom. The van der Waals surface area contributed by atoms with Gasteiger partial charge in [0.15, 0.2) is 0 Å². The lowest BCUT2D eigenvalue weighted by Gasteiger charge is -2.18. The van der Waals surface area contributed by atoms with Crippen LogP contribution in [0.4, 0.5) is 11.4 Å². The second-order valence-corrected chi connectivity index (χ2v) is 4.42. The van der Waals surface area contributed by atoms with Crippen molar-refractivity contribution in [2.45, 2.75) is 0 Å². The van der Waals surface area contributed by atoms with Crippen LogP contribution in [-0.2, 0) is 0 Å². The van der Waals surface area contributed by atoms with Gasteiger partial charge < -0.3 is 10.6 Å². The topological polar surface area (TPSA) is 24.1 Å². The van der Waals surface area contributed by atoms with Gasteiger partial charge >= 0.3 is 0 Å². The predicted molar refractivity (Wildman–Crippen MR) is 69.7 cm³/mol. The summed E-state index contributed by atoms with van der Waals surface area (Å²) in [5, 5.41) is 9.67. The summed E-state index contributed by atoms with van der Waals surface area (Å²) in [7, 11) is 0. The molecule has 80 valence electrons. The average Bonchev–Trinajstić information content (AvgIpc) is 2.29. The summed E-state index contributed by atoms with van der Waals surface area (Å²) in [6, 6.07) is 4.10. The van der Waals surface area contributed by atoms with E-state index >= 15 is 0 Å². The summed E-state index contributed by atoms with van der Waals surface area (Å²) in [6.07, 6.45) is 7.62. The maximum atomic E-state index is 5.96. The molecule has 0 spiro atoms. The highest BCUT2D eigenvalue weighted by Gasteiger charge is 2.12. The number of halogens is 2. The van der Waals surface area contributed by atoms with Crippen molar-refractivity contribution in [2.24, 2.45) is 0 Å². The fraction of sp³-hybridized carbons (Fsp3) is 0. The Kier molecular flexibility index (Phi) is 2.20. The van der Waals surface area contributed by atoms with Crippen molar-refractivity contribution in [2.75, 3.05) is 10.6 Å². The minimum absolute atomic E-state index is 0.605. The molecule has 3 rings (SSSR count). The molecule has 1 aromatic rings. The molecule has 2 nitrogen and oxygen atoms in total. The number of hydrogen-bond donors (Lipinski definition) is 2. The van der Waals surface area contributed by atoms with E-state index in [1.807, 2.05) is 36.4 Å². The average molecular weight is 251 g/mol. The highest BCUT2D eigenvalue weighted by Crippen LogP contribution is 2.23. The van der Waals surface area contributed by atoms with Gasteiger partial charge in [0.1, 0.15) is 10.3 Å². The third-order valence-electron chi connectivity index (χ3n) is 2.58. The monoisotopic (exact) mass is 250 g/mol. The zero-order valence-electron chi connectivity index (χ0n) is 8.22. The Morgan fingerprint density at radius 2 is 1.12 bits per heavy atom. The highest BCUT2D eigenvalue weighted by molar-refractivity contribution is 6.32. The third-order valence-corrected chi connectivity index (χ3v) is 3.02. The van der Waals surface area contributed by atoms with Crippen molar-refractivity contribution in [3.8, 4) is 0 Å². The molecule has 0 radical (unpaired) electrons. The van der Waals surface area contributed by atoms with Crippen molar-refractivity contribution in [3.63, 3.8) is 0 Å². The number of fused-ring (bicyclic) bond motifs is 3. The van der Waals surface area contributed by atoms with Gasteiger partial charge in [-0.25, -0.2) is 0 Å². The van der Waals surface area contributed by atoms with Crippen LogP contribution >= 0.6 is 23.2 Å².